The van der Waals surface area contributed by atoms with E-state index in [1.54, 1.807) is 14.0 Å². The first-order chi connectivity index (χ1) is 12.0. The van der Waals surface area contributed by atoms with E-state index in [4.69, 9.17) is 4.52 Å². The van der Waals surface area contributed by atoms with Crippen LogP contribution in [0.5, 0.6) is 0 Å². The molecular weight excluding hydrogens is 322 g/mol. The number of carbonyl (C=O) groups excluding carboxylic acids is 2. The van der Waals surface area contributed by atoms with Crippen LogP contribution in [-0.4, -0.2) is 44.6 Å². The van der Waals surface area contributed by atoms with E-state index in [9.17, 15) is 9.59 Å². The van der Waals surface area contributed by atoms with Gasteiger partial charge in [-0.05, 0) is 5.56 Å². The number of benzene rings is 1. The largest absolute Gasteiger partial charge is 0.340 e. The van der Waals surface area contributed by atoms with E-state index in [1.165, 1.54) is 9.91 Å². The summed E-state index contributed by atoms with van der Waals surface area (Å²) < 4.78 is 4.91. The van der Waals surface area contributed by atoms with E-state index in [0.29, 0.717) is 30.4 Å². The molecule has 1 aliphatic rings. The van der Waals surface area contributed by atoms with Crippen LogP contribution >= 0.6 is 0 Å². The second-order valence-corrected chi connectivity index (χ2v) is 5.87. The second-order valence-electron chi connectivity index (χ2n) is 5.87. The predicted octanol–water partition coefficient (Wildman–Crippen LogP) is 1.52. The third kappa shape index (κ3) is 4.09. The van der Waals surface area contributed by atoms with Gasteiger partial charge >= 0.3 is 0 Å². The Morgan fingerprint density at radius 2 is 2.04 bits per heavy atom. The maximum Gasteiger partial charge on any atom is 0.270 e. The summed E-state index contributed by atoms with van der Waals surface area (Å²) in [4.78, 5) is 30.2. The van der Waals surface area contributed by atoms with Crippen LogP contribution in [0.2, 0.25) is 0 Å². The average molecular weight is 341 g/mol. The number of hydrogen-bond acceptors (Lipinski definition) is 6. The van der Waals surface area contributed by atoms with Gasteiger partial charge in [-0.25, -0.2) is 5.01 Å². The van der Waals surface area contributed by atoms with Gasteiger partial charge in [0.2, 0.25) is 11.8 Å². The van der Waals surface area contributed by atoms with Crippen LogP contribution in [0.1, 0.15) is 30.1 Å². The quantitative estimate of drug-likeness (QED) is 0.822. The van der Waals surface area contributed by atoms with Gasteiger partial charge in [0.1, 0.15) is 5.71 Å². The zero-order chi connectivity index (χ0) is 17.8. The summed E-state index contributed by atoms with van der Waals surface area (Å²) in [5.41, 5.74) is 1.32. The lowest BCUT2D eigenvalue weighted by Gasteiger charge is -2.25. The Morgan fingerprint density at radius 1 is 1.28 bits per heavy atom. The minimum Gasteiger partial charge on any atom is -0.340 e. The Labute approximate surface area is 145 Å². The molecule has 3 rings (SSSR count). The molecule has 2 amide bonds. The predicted molar refractivity (Wildman–Crippen MR) is 89.2 cm³/mol. The number of aryl methyl sites for hydroxylation is 1. The number of nitrogens with zero attached hydrogens (tertiary/aromatic N) is 5. The number of hydrazone groups is 1. The van der Waals surface area contributed by atoms with Crippen LogP contribution in [0.25, 0.3) is 0 Å². The van der Waals surface area contributed by atoms with Crippen LogP contribution < -0.4 is 0 Å². The van der Waals surface area contributed by atoms with Crippen molar-refractivity contribution in [2.24, 2.45) is 5.10 Å². The summed E-state index contributed by atoms with van der Waals surface area (Å²) in [7, 11) is 1.65. The highest BCUT2D eigenvalue weighted by Crippen LogP contribution is 2.15. The van der Waals surface area contributed by atoms with Crippen molar-refractivity contribution < 1.29 is 14.1 Å². The molecule has 0 N–H and O–H groups in total. The minimum absolute atomic E-state index is 0.0863. The second kappa shape index (κ2) is 7.25. The fraction of sp³-hybridized carbons (Fsp3) is 0.353. The molecule has 8 nitrogen and oxygen atoms in total. The standard InChI is InChI=1S/C17H19N5O3/c1-12-18-15(20-25-12)11-21(2)17(24)14-8-9-16(23)22(19-14)10-13-6-4-3-5-7-13/h3-7H,8-11H2,1-2H3. The number of amides is 2. The van der Waals surface area contributed by atoms with E-state index in [2.05, 4.69) is 15.2 Å². The van der Waals surface area contributed by atoms with Crippen molar-refractivity contribution in [3.05, 3.63) is 47.6 Å². The van der Waals surface area contributed by atoms with Crippen molar-refractivity contribution in [2.45, 2.75) is 32.9 Å². The number of aromatic nitrogens is 2. The molecule has 0 atom stereocenters. The summed E-state index contributed by atoms with van der Waals surface area (Å²) in [6.45, 7) is 2.27. The first kappa shape index (κ1) is 16.8. The normalized spacial score (nSPS) is 14.4. The molecule has 1 aromatic carbocycles. The van der Waals surface area contributed by atoms with Gasteiger partial charge in [0.25, 0.3) is 5.91 Å². The molecule has 0 bridgehead atoms. The highest BCUT2D eigenvalue weighted by atomic mass is 16.5. The zero-order valence-electron chi connectivity index (χ0n) is 14.2. The first-order valence-electron chi connectivity index (χ1n) is 7.99. The number of hydrogen-bond donors (Lipinski definition) is 0. The molecule has 25 heavy (non-hydrogen) atoms. The molecule has 0 spiro atoms. The van der Waals surface area contributed by atoms with Crippen molar-refractivity contribution in [3.63, 3.8) is 0 Å². The van der Waals surface area contributed by atoms with Gasteiger partial charge in [-0.2, -0.15) is 10.1 Å². The number of rotatable bonds is 5. The third-order valence-electron chi connectivity index (χ3n) is 3.82. The lowest BCUT2D eigenvalue weighted by Crippen LogP contribution is -2.39. The molecule has 130 valence electrons. The highest BCUT2D eigenvalue weighted by Gasteiger charge is 2.26. The summed E-state index contributed by atoms with van der Waals surface area (Å²) in [5, 5.41) is 9.41. The van der Waals surface area contributed by atoms with Crippen LogP contribution in [-0.2, 0) is 22.7 Å². The van der Waals surface area contributed by atoms with E-state index < -0.39 is 0 Å². The van der Waals surface area contributed by atoms with Crippen LogP contribution in [0.3, 0.4) is 0 Å². The van der Waals surface area contributed by atoms with Crippen LogP contribution in [0.4, 0.5) is 0 Å². The molecule has 0 fully saturated rings. The molecule has 1 aromatic heterocycles. The molecule has 2 aromatic rings. The molecule has 0 unspecified atom stereocenters. The molecule has 8 heteroatoms. The molecular formula is C17H19N5O3. The third-order valence-corrected chi connectivity index (χ3v) is 3.82. The number of carbonyl (C=O) groups is 2. The molecule has 1 aliphatic heterocycles. The molecule has 0 aliphatic carbocycles. The van der Waals surface area contributed by atoms with E-state index in [1.807, 2.05) is 30.3 Å². The van der Waals surface area contributed by atoms with Gasteiger partial charge in [0, 0.05) is 26.8 Å². The van der Waals surface area contributed by atoms with Crippen LogP contribution in [0, 0.1) is 6.92 Å². The lowest BCUT2D eigenvalue weighted by molar-refractivity contribution is -0.132. The summed E-state index contributed by atoms with van der Waals surface area (Å²) in [6, 6.07) is 9.56. The Bertz CT molecular complexity index is 800. The van der Waals surface area contributed by atoms with Crippen molar-refractivity contribution >= 4 is 17.5 Å². The lowest BCUT2D eigenvalue weighted by atomic mass is 10.1. The Hall–Kier alpha value is -3.03. The Morgan fingerprint density at radius 3 is 2.72 bits per heavy atom. The molecule has 0 radical (unpaired) electrons. The maximum atomic E-state index is 12.6. The molecule has 0 saturated carbocycles. The van der Waals surface area contributed by atoms with Gasteiger partial charge in [0.05, 0.1) is 13.1 Å². The van der Waals surface area contributed by atoms with Gasteiger partial charge in [0.15, 0.2) is 5.82 Å². The van der Waals surface area contributed by atoms with Crippen molar-refractivity contribution in [1.29, 1.82) is 0 Å². The summed E-state index contributed by atoms with van der Waals surface area (Å²) >= 11 is 0. The zero-order valence-corrected chi connectivity index (χ0v) is 14.2. The van der Waals surface area contributed by atoms with Crippen molar-refractivity contribution in [2.75, 3.05) is 7.05 Å². The fourth-order valence-corrected chi connectivity index (χ4v) is 2.55. The van der Waals surface area contributed by atoms with E-state index >= 15 is 0 Å². The van der Waals surface area contributed by atoms with Crippen molar-refractivity contribution in [1.82, 2.24) is 20.0 Å². The van der Waals surface area contributed by atoms with Gasteiger partial charge in [-0.3, -0.25) is 9.59 Å². The van der Waals surface area contributed by atoms with Crippen molar-refractivity contribution in [3.8, 4) is 0 Å². The van der Waals surface area contributed by atoms with E-state index in [-0.39, 0.29) is 24.8 Å². The SMILES string of the molecule is Cc1nc(CN(C)C(=O)C2=NN(Cc3ccccc3)C(=O)CC2)no1. The Kier molecular flexibility index (Phi) is 4.87. The topological polar surface area (TPSA) is 91.9 Å². The minimum atomic E-state index is -0.243. The Balaban J connectivity index is 1.70. The summed E-state index contributed by atoms with van der Waals surface area (Å²) in [5.74, 6) is 0.553. The van der Waals surface area contributed by atoms with Crippen LogP contribution in [0.15, 0.2) is 40.0 Å². The van der Waals surface area contributed by atoms with Gasteiger partial charge in [-0.1, -0.05) is 35.5 Å². The average Bonchev–Trinajstić information content (AvgIpc) is 3.02. The van der Waals surface area contributed by atoms with Gasteiger partial charge < -0.3 is 9.42 Å². The highest BCUT2D eigenvalue weighted by molar-refractivity contribution is 6.39. The van der Waals surface area contributed by atoms with Gasteiger partial charge in [-0.15, -0.1) is 0 Å². The first-order valence-corrected chi connectivity index (χ1v) is 7.99. The molecule has 2 heterocycles. The van der Waals surface area contributed by atoms with E-state index in [0.717, 1.165) is 5.56 Å². The molecule has 0 saturated heterocycles. The monoisotopic (exact) mass is 341 g/mol. The maximum absolute atomic E-state index is 12.6. The smallest absolute Gasteiger partial charge is 0.270 e. The fourth-order valence-electron chi connectivity index (χ4n) is 2.55. The summed E-state index contributed by atoms with van der Waals surface area (Å²) in [6.07, 6.45) is 0.602.